The molecule has 0 aromatic heterocycles. The fraction of sp³-hybridized carbons (Fsp3) is 0.571. The lowest BCUT2D eigenvalue weighted by atomic mass is 9.96. The number of nitrogens with one attached hydrogen (secondary N) is 2. The molecule has 0 saturated carbocycles. The lowest BCUT2D eigenvalue weighted by molar-refractivity contribution is -0.385. The van der Waals surface area contributed by atoms with E-state index in [9.17, 15) is 18.5 Å². The summed E-state index contributed by atoms with van der Waals surface area (Å²) in [5.74, 6) is 0.495. The zero-order chi connectivity index (χ0) is 16.2. The fourth-order valence-corrected chi connectivity index (χ4v) is 3.97. The van der Waals surface area contributed by atoms with E-state index >= 15 is 0 Å². The van der Waals surface area contributed by atoms with Crippen LogP contribution in [0.25, 0.3) is 0 Å². The Hall–Kier alpha value is -1.22. The van der Waals surface area contributed by atoms with Crippen LogP contribution in [0.3, 0.4) is 0 Å². The Morgan fingerprint density at radius 1 is 1.43 bits per heavy atom. The van der Waals surface area contributed by atoms with E-state index in [-0.39, 0.29) is 23.0 Å². The van der Waals surface area contributed by atoms with Crippen molar-refractivity contribution in [2.24, 2.45) is 5.92 Å². The summed E-state index contributed by atoms with van der Waals surface area (Å²) in [7, 11) is -3.63. The van der Waals surface area contributed by atoms with Crippen molar-refractivity contribution in [1.82, 2.24) is 10.0 Å². The number of nitro groups is 1. The van der Waals surface area contributed by atoms with Crippen molar-refractivity contribution < 1.29 is 13.3 Å². The van der Waals surface area contributed by atoms with Gasteiger partial charge in [-0.3, -0.25) is 10.1 Å². The van der Waals surface area contributed by atoms with Gasteiger partial charge >= 0.3 is 0 Å². The first-order valence-electron chi connectivity index (χ1n) is 7.35. The average Bonchev–Trinajstić information content (AvgIpc) is 2.47. The first-order chi connectivity index (χ1) is 10.4. The minimum Gasteiger partial charge on any atom is -0.316 e. The average molecular weight is 364 g/mol. The van der Waals surface area contributed by atoms with Crippen LogP contribution in [0.5, 0.6) is 0 Å². The van der Waals surface area contributed by atoms with Gasteiger partial charge in [0.2, 0.25) is 10.0 Å². The molecule has 1 fully saturated rings. The van der Waals surface area contributed by atoms with Gasteiger partial charge in [-0.15, -0.1) is 12.4 Å². The minimum atomic E-state index is -3.63. The predicted molar refractivity (Wildman–Crippen MR) is 90.5 cm³/mol. The van der Waals surface area contributed by atoms with Gasteiger partial charge in [0.15, 0.2) is 0 Å². The van der Waals surface area contributed by atoms with Crippen LogP contribution in [0.15, 0.2) is 23.1 Å². The van der Waals surface area contributed by atoms with Gasteiger partial charge < -0.3 is 5.32 Å². The molecule has 0 spiro atoms. The van der Waals surface area contributed by atoms with Gasteiger partial charge in [-0.25, -0.2) is 13.1 Å². The van der Waals surface area contributed by atoms with Gasteiger partial charge in [-0.2, -0.15) is 0 Å². The normalized spacial score (nSPS) is 18.2. The number of hydrogen-bond donors (Lipinski definition) is 2. The summed E-state index contributed by atoms with van der Waals surface area (Å²) in [6, 6.07) is 3.78. The molecule has 0 aliphatic carbocycles. The zero-order valence-corrected chi connectivity index (χ0v) is 14.6. The Bertz CT molecular complexity index is 645. The molecule has 1 heterocycles. The second kappa shape index (κ2) is 8.58. The molecule has 1 aromatic rings. The van der Waals surface area contributed by atoms with Crippen LogP contribution in [-0.2, 0) is 10.0 Å². The maximum atomic E-state index is 12.3. The van der Waals surface area contributed by atoms with Gasteiger partial charge in [0.05, 0.1) is 9.82 Å². The van der Waals surface area contributed by atoms with Crippen molar-refractivity contribution in [3.05, 3.63) is 33.9 Å². The first kappa shape index (κ1) is 19.8. The standard InChI is InChI=1S/C14H21N3O4S.ClH/c1-11-9-13(17(18)19)4-5-14(11)22(20,21)16-8-6-12-3-2-7-15-10-12;/h4-5,9,12,15-16H,2-3,6-8,10H2,1H3;1H. The summed E-state index contributed by atoms with van der Waals surface area (Å²) in [5.41, 5.74) is 0.269. The molecule has 1 aliphatic rings. The summed E-state index contributed by atoms with van der Waals surface area (Å²) < 4.78 is 27.1. The number of benzene rings is 1. The second-order valence-electron chi connectivity index (χ2n) is 5.61. The predicted octanol–water partition coefficient (Wildman–Crippen LogP) is 1.99. The van der Waals surface area contributed by atoms with Crippen LogP contribution < -0.4 is 10.0 Å². The molecule has 23 heavy (non-hydrogen) atoms. The smallest absolute Gasteiger partial charge is 0.269 e. The SMILES string of the molecule is Cc1cc([N+](=O)[O-])ccc1S(=O)(=O)NCCC1CCCNC1.Cl. The van der Waals surface area contributed by atoms with Gasteiger partial charge in [0.1, 0.15) is 0 Å². The van der Waals surface area contributed by atoms with E-state index in [1.54, 1.807) is 6.92 Å². The van der Waals surface area contributed by atoms with Crippen molar-refractivity contribution >= 4 is 28.1 Å². The third-order valence-corrected chi connectivity index (χ3v) is 5.52. The molecule has 0 bridgehead atoms. The fourth-order valence-electron chi connectivity index (χ4n) is 2.69. The molecule has 130 valence electrons. The van der Waals surface area contributed by atoms with E-state index in [2.05, 4.69) is 10.0 Å². The molecule has 1 atom stereocenters. The van der Waals surface area contributed by atoms with E-state index in [1.165, 1.54) is 18.2 Å². The highest BCUT2D eigenvalue weighted by Crippen LogP contribution is 2.21. The van der Waals surface area contributed by atoms with Crippen LogP contribution in [0, 0.1) is 23.0 Å². The number of nitro benzene ring substituents is 1. The third kappa shape index (κ3) is 5.42. The second-order valence-corrected chi connectivity index (χ2v) is 7.34. The zero-order valence-electron chi connectivity index (χ0n) is 12.9. The summed E-state index contributed by atoms with van der Waals surface area (Å²) >= 11 is 0. The summed E-state index contributed by atoms with van der Waals surface area (Å²) in [6.07, 6.45) is 3.03. The number of non-ortho nitro benzene ring substituents is 1. The number of piperidine rings is 1. The van der Waals surface area contributed by atoms with Crippen LogP contribution in [0.4, 0.5) is 5.69 Å². The molecule has 9 heteroatoms. The molecular formula is C14H22ClN3O4S. The molecule has 1 aromatic carbocycles. The van der Waals surface area contributed by atoms with Crippen LogP contribution in [0.1, 0.15) is 24.8 Å². The minimum absolute atomic E-state index is 0. The molecule has 1 unspecified atom stereocenters. The largest absolute Gasteiger partial charge is 0.316 e. The molecule has 1 aliphatic heterocycles. The number of halogens is 1. The molecule has 2 N–H and O–H groups in total. The first-order valence-corrected chi connectivity index (χ1v) is 8.84. The molecule has 2 rings (SSSR count). The maximum Gasteiger partial charge on any atom is 0.269 e. The summed E-state index contributed by atoms with van der Waals surface area (Å²) in [5, 5.41) is 14.0. The van der Waals surface area contributed by atoms with Crippen LogP contribution in [-0.4, -0.2) is 33.0 Å². The molecule has 0 radical (unpaired) electrons. The van der Waals surface area contributed by atoms with E-state index in [0.717, 1.165) is 32.4 Å². The van der Waals surface area contributed by atoms with E-state index < -0.39 is 14.9 Å². The van der Waals surface area contributed by atoms with Crippen molar-refractivity contribution in [3.8, 4) is 0 Å². The Morgan fingerprint density at radius 2 is 2.17 bits per heavy atom. The van der Waals surface area contributed by atoms with Crippen molar-refractivity contribution in [1.29, 1.82) is 0 Å². The Labute approximate surface area is 142 Å². The van der Waals surface area contributed by atoms with Crippen molar-refractivity contribution in [2.45, 2.75) is 31.1 Å². The Kier molecular flexibility index (Phi) is 7.40. The van der Waals surface area contributed by atoms with E-state index in [0.29, 0.717) is 18.0 Å². The molecule has 1 saturated heterocycles. The van der Waals surface area contributed by atoms with Crippen molar-refractivity contribution in [3.63, 3.8) is 0 Å². The van der Waals surface area contributed by atoms with Gasteiger partial charge in [0, 0.05) is 18.7 Å². The van der Waals surface area contributed by atoms with Gasteiger partial charge in [-0.05, 0) is 56.8 Å². The highest BCUT2D eigenvalue weighted by atomic mass is 35.5. The van der Waals surface area contributed by atoms with Gasteiger partial charge in [0.25, 0.3) is 5.69 Å². The van der Waals surface area contributed by atoms with Crippen molar-refractivity contribution in [2.75, 3.05) is 19.6 Å². The summed E-state index contributed by atoms with van der Waals surface area (Å²) in [4.78, 5) is 10.3. The highest BCUT2D eigenvalue weighted by Gasteiger charge is 2.20. The molecule has 7 nitrogen and oxygen atoms in total. The van der Waals surface area contributed by atoms with Crippen LogP contribution >= 0.6 is 12.4 Å². The topological polar surface area (TPSA) is 101 Å². The highest BCUT2D eigenvalue weighted by molar-refractivity contribution is 7.89. The number of hydrogen-bond acceptors (Lipinski definition) is 5. The Morgan fingerprint density at radius 3 is 2.74 bits per heavy atom. The van der Waals surface area contributed by atoms with Gasteiger partial charge in [-0.1, -0.05) is 0 Å². The number of sulfonamides is 1. The monoisotopic (exact) mass is 363 g/mol. The Balaban J connectivity index is 0.00000264. The molecular weight excluding hydrogens is 342 g/mol. The quantitative estimate of drug-likeness (QED) is 0.594. The van der Waals surface area contributed by atoms with E-state index in [4.69, 9.17) is 0 Å². The number of nitrogens with zero attached hydrogens (tertiary/aromatic N) is 1. The lowest BCUT2D eigenvalue weighted by Crippen LogP contribution is -2.33. The maximum absolute atomic E-state index is 12.3. The number of rotatable bonds is 6. The lowest BCUT2D eigenvalue weighted by Gasteiger charge is -2.22. The van der Waals surface area contributed by atoms with E-state index in [1.807, 2.05) is 0 Å². The number of aryl methyl sites for hydroxylation is 1. The molecule has 0 amide bonds. The third-order valence-electron chi connectivity index (χ3n) is 3.90. The summed E-state index contributed by atoms with van der Waals surface area (Å²) in [6.45, 7) is 3.90. The van der Waals surface area contributed by atoms with Crippen LogP contribution in [0.2, 0.25) is 0 Å².